The maximum absolute atomic E-state index is 13.4. The molecule has 1 unspecified atom stereocenters. The van der Waals surface area contributed by atoms with Gasteiger partial charge in [0.25, 0.3) is 0 Å². The molecule has 176 valence electrons. The molecule has 32 heavy (non-hydrogen) atoms. The molecular weight excluding hydrogens is 402 g/mol. The summed E-state index contributed by atoms with van der Waals surface area (Å²) in [6.07, 6.45) is 15.3. The number of rotatable bonds is 11. The molecule has 1 atom stereocenters. The van der Waals surface area contributed by atoms with Gasteiger partial charge < -0.3 is 14.1 Å². The summed E-state index contributed by atoms with van der Waals surface area (Å²) in [6.45, 7) is 8.36. The van der Waals surface area contributed by atoms with Gasteiger partial charge in [-0.25, -0.2) is 0 Å². The van der Waals surface area contributed by atoms with E-state index in [2.05, 4.69) is 48.0 Å². The number of aldehydes is 1. The van der Waals surface area contributed by atoms with E-state index < -0.39 is 0 Å². The molecule has 0 N–H and O–H groups in total. The van der Waals surface area contributed by atoms with Crippen LogP contribution in [-0.4, -0.2) is 72.7 Å². The van der Waals surface area contributed by atoms with Crippen LogP contribution in [-0.2, 0) is 29.0 Å². The van der Waals surface area contributed by atoms with Gasteiger partial charge in [-0.15, -0.1) is 0 Å². The summed E-state index contributed by atoms with van der Waals surface area (Å²) in [5.41, 5.74) is 2.45. The molecule has 2 aliphatic rings. The molecule has 1 aliphatic carbocycles. The molecule has 0 saturated carbocycles. The smallest absolute Gasteiger partial charge is 0.241 e. The quantitative estimate of drug-likeness (QED) is 0.387. The van der Waals surface area contributed by atoms with Gasteiger partial charge in [0.1, 0.15) is 23.8 Å². The Bertz CT molecular complexity index is 827. The predicted molar refractivity (Wildman–Crippen MR) is 128 cm³/mol. The summed E-state index contributed by atoms with van der Waals surface area (Å²) in [5, 5.41) is 0. The number of aryl methyl sites for hydroxylation is 1. The minimum Gasteiger partial charge on any atom is -0.465 e. The number of hydrogen-bond acceptors (Lipinski definition) is 5. The second-order valence-corrected chi connectivity index (χ2v) is 8.93. The second kappa shape index (κ2) is 12.2. The van der Waals surface area contributed by atoms with Crippen molar-refractivity contribution in [3.63, 3.8) is 0 Å². The van der Waals surface area contributed by atoms with Crippen molar-refractivity contribution in [3.05, 3.63) is 40.9 Å². The van der Waals surface area contributed by atoms with Crippen LogP contribution in [0.2, 0.25) is 0 Å². The largest absolute Gasteiger partial charge is 0.465 e. The molecule has 1 amide bonds. The number of unbranched alkanes of at least 4 members (excludes halogenated alkanes) is 3. The number of furan rings is 1. The average molecular weight is 442 g/mol. The topological polar surface area (TPSA) is 57.0 Å². The van der Waals surface area contributed by atoms with Crippen LogP contribution in [0.1, 0.15) is 62.2 Å². The molecule has 2 heterocycles. The first-order chi connectivity index (χ1) is 15.6. The van der Waals surface area contributed by atoms with Gasteiger partial charge in [-0.2, -0.15) is 0 Å². The van der Waals surface area contributed by atoms with Gasteiger partial charge in [0.2, 0.25) is 5.91 Å². The number of likely N-dealkylation sites (N-methyl/N-ethyl adjacent to an activating group) is 1. The molecular formula is C26H39N3O3. The van der Waals surface area contributed by atoms with Gasteiger partial charge in [-0.3, -0.25) is 14.6 Å². The maximum atomic E-state index is 13.4. The van der Waals surface area contributed by atoms with E-state index in [1.54, 1.807) is 4.90 Å². The van der Waals surface area contributed by atoms with Crippen molar-refractivity contribution in [2.75, 3.05) is 39.8 Å². The van der Waals surface area contributed by atoms with E-state index in [1.807, 2.05) is 7.05 Å². The Morgan fingerprint density at radius 2 is 2.06 bits per heavy atom. The monoisotopic (exact) mass is 441 g/mol. The fraction of sp³-hybridized carbons (Fsp3) is 0.615. The minimum absolute atomic E-state index is 0.0756. The highest BCUT2D eigenvalue weighted by atomic mass is 16.3. The molecule has 3 rings (SSSR count). The Hall–Kier alpha value is -2.18. The van der Waals surface area contributed by atoms with Gasteiger partial charge in [-0.05, 0) is 13.5 Å². The van der Waals surface area contributed by atoms with Gasteiger partial charge in [0.15, 0.2) is 0 Å². The lowest BCUT2D eigenvalue weighted by atomic mass is 10.0. The molecule has 1 aromatic heterocycles. The lowest BCUT2D eigenvalue weighted by Gasteiger charge is -2.40. The summed E-state index contributed by atoms with van der Waals surface area (Å²) in [6, 6.07) is -0.220. The third kappa shape index (κ3) is 5.99. The molecule has 1 aliphatic heterocycles. The van der Waals surface area contributed by atoms with Crippen molar-refractivity contribution in [2.45, 2.75) is 65.0 Å². The second-order valence-electron chi connectivity index (χ2n) is 8.93. The molecule has 0 aromatic carbocycles. The summed E-state index contributed by atoms with van der Waals surface area (Å²) in [4.78, 5) is 30.9. The van der Waals surface area contributed by atoms with Crippen LogP contribution >= 0.6 is 0 Å². The highest BCUT2D eigenvalue weighted by Crippen LogP contribution is 2.29. The lowest BCUT2D eigenvalue weighted by molar-refractivity contribution is -0.140. The van der Waals surface area contributed by atoms with Crippen molar-refractivity contribution in [1.82, 2.24) is 14.7 Å². The number of piperazine rings is 1. The molecule has 1 fully saturated rings. The van der Waals surface area contributed by atoms with Crippen LogP contribution in [0.3, 0.4) is 0 Å². The van der Waals surface area contributed by atoms with Crippen LogP contribution in [0.4, 0.5) is 0 Å². The Morgan fingerprint density at radius 3 is 2.81 bits per heavy atom. The number of amides is 1. The van der Waals surface area contributed by atoms with Crippen LogP contribution in [0.5, 0.6) is 0 Å². The molecule has 0 radical (unpaired) electrons. The van der Waals surface area contributed by atoms with E-state index in [-0.39, 0.29) is 18.5 Å². The molecule has 6 nitrogen and oxygen atoms in total. The van der Waals surface area contributed by atoms with Gasteiger partial charge in [-0.1, -0.05) is 57.4 Å². The van der Waals surface area contributed by atoms with E-state index in [1.165, 1.54) is 17.5 Å². The van der Waals surface area contributed by atoms with Crippen molar-refractivity contribution < 1.29 is 14.0 Å². The normalized spacial score (nSPS) is 19.0. The highest BCUT2D eigenvalue weighted by Gasteiger charge is 2.33. The number of hydrogen-bond donors (Lipinski definition) is 0. The van der Waals surface area contributed by atoms with Crippen molar-refractivity contribution in [1.29, 1.82) is 0 Å². The molecule has 6 heteroatoms. The summed E-state index contributed by atoms with van der Waals surface area (Å²) in [7, 11) is 2.02. The fourth-order valence-corrected chi connectivity index (χ4v) is 4.68. The molecule has 1 saturated heterocycles. The van der Waals surface area contributed by atoms with Crippen molar-refractivity contribution >= 4 is 18.3 Å². The first-order valence-electron chi connectivity index (χ1n) is 12.2. The highest BCUT2D eigenvalue weighted by molar-refractivity contribution is 5.84. The van der Waals surface area contributed by atoms with Crippen LogP contribution in [0.25, 0.3) is 6.08 Å². The average Bonchev–Trinajstić information content (AvgIpc) is 2.95. The first kappa shape index (κ1) is 24.5. The van der Waals surface area contributed by atoms with E-state index >= 15 is 0 Å². The SMILES string of the molecule is CCCCCCN(CC=O)C(=O)C1CN(Cc2c(CC)oc3c2C=CC=CC3)CCN1C. The molecule has 0 spiro atoms. The summed E-state index contributed by atoms with van der Waals surface area (Å²) >= 11 is 0. The standard InChI is InChI=1S/C26H39N3O3/c1-4-6-7-11-14-29(17-18-30)26(31)23-20-28(16-15-27(23)3)19-22-21-12-9-8-10-13-25(21)32-24(22)5-2/h8-10,12,18,23H,4-7,11,13-17,19-20H2,1-3H3. The summed E-state index contributed by atoms with van der Waals surface area (Å²) < 4.78 is 6.18. The Balaban J connectivity index is 1.70. The van der Waals surface area contributed by atoms with Gasteiger partial charge >= 0.3 is 0 Å². The minimum atomic E-state index is -0.220. The van der Waals surface area contributed by atoms with Crippen LogP contribution < -0.4 is 0 Å². The lowest BCUT2D eigenvalue weighted by Crippen LogP contribution is -2.58. The third-order valence-electron chi connectivity index (χ3n) is 6.63. The summed E-state index contributed by atoms with van der Waals surface area (Å²) in [5.74, 6) is 2.16. The number of allylic oxidation sites excluding steroid dienone is 3. The molecule has 0 bridgehead atoms. The number of nitrogens with zero attached hydrogens (tertiary/aromatic N) is 3. The van der Waals surface area contributed by atoms with Gasteiger partial charge in [0.05, 0.1) is 6.54 Å². The zero-order valence-corrected chi connectivity index (χ0v) is 20.0. The Kier molecular flexibility index (Phi) is 9.30. The van der Waals surface area contributed by atoms with Gasteiger partial charge in [0, 0.05) is 56.7 Å². The van der Waals surface area contributed by atoms with E-state index in [0.717, 1.165) is 69.5 Å². The Labute approximate surface area is 192 Å². The fourth-order valence-electron chi connectivity index (χ4n) is 4.68. The van der Waals surface area contributed by atoms with Crippen molar-refractivity contribution in [3.8, 4) is 0 Å². The van der Waals surface area contributed by atoms with Crippen LogP contribution in [0.15, 0.2) is 22.6 Å². The van der Waals surface area contributed by atoms with E-state index in [4.69, 9.17) is 4.42 Å². The van der Waals surface area contributed by atoms with E-state index in [9.17, 15) is 9.59 Å². The van der Waals surface area contributed by atoms with Crippen molar-refractivity contribution in [2.24, 2.45) is 0 Å². The number of carbonyl (C=O) groups is 2. The zero-order valence-electron chi connectivity index (χ0n) is 20.0. The third-order valence-corrected chi connectivity index (χ3v) is 6.63. The first-order valence-corrected chi connectivity index (χ1v) is 12.2. The predicted octanol–water partition coefficient (Wildman–Crippen LogP) is 3.69. The number of carbonyl (C=O) groups excluding carboxylic acids is 2. The van der Waals surface area contributed by atoms with Crippen LogP contribution in [0, 0.1) is 0 Å². The molecule has 1 aromatic rings. The zero-order chi connectivity index (χ0) is 22.9. The Morgan fingerprint density at radius 1 is 1.22 bits per heavy atom. The van der Waals surface area contributed by atoms with E-state index in [0.29, 0.717) is 13.1 Å². The maximum Gasteiger partial charge on any atom is 0.241 e. The number of fused-ring (bicyclic) bond motifs is 1.